The lowest BCUT2D eigenvalue weighted by Crippen LogP contribution is -2.00. The summed E-state index contributed by atoms with van der Waals surface area (Å²) in [5, 5.41) is 10.5. The third-order valence-electron chi connectivity index (χ3n) is 1.83. The summed E-state index contributed by atoms with van der Waals surface area (Å²) >= 11 is 0. The summed E-state index contributed by atoms with van der Waals surface area (Å²) in [6.07, 6.45) is 1.10. The van der Waals surface area contributed by atoms with Gasteiger partial charge in [-0.25, -0.2) is 9.78 Å². The summed E-state index contributed by atoms with van der Waals surface area (Å²) in [5.41, 5.74) is 0.754. The van der Waals surface area contributed by atoms with E-state index in [1.165, 1.54) is 6.07 Å². The number of pyridine rings is 1. The van der Waals surface area contributed by atoms with Crippen molar-refractivity contribution in [3.8, 4) is 11.8 Å². The van der Waals surface area contributed by atoms with Gasteiger partial charge < -0.3 is 4.74 Å². The first-order valence-electron chi connectivity index (χ1n) is 4.84. The predicted molar refractivity (Wildman–Crippen MR) is 59.1 cm³/mol. The summed E-state index contributed by atoms with van der Waals surface area (Å²) in [6.45, 7) is 3.56. The van der Waals surface area contributed by atoms with E-state index < -0.39 is 10.9 Å². The quantitative estimate of drug-likeness (QED) is 0.332. The molecule has 0 aliphatic carbocycles. The Morgan fingerprint density at radius 1 is 1.65 bits per heavy atom. The van der Waals surface area contributed by atoms with E-state index in [4.69, 9.17) is 0 Å². The van der Waals surface area contributed by atoms with Crippen LogP contribution in [-0.4, -0.2) is 22.5 Å². The van der Waals surface area contributed by atoms with Crippen molar-refractivity contribution in [2.24, 2.45) is 0 Å². The Morgan fingerprint density at radius 2 is 2.35 bits per heavy atom. The zero-order chi connectivity index (χ0) is 12.8. The van der Waals surface area contributed by atoms with Crippen LogP contribution < -0.4 is 0 Å². The number of carbonyl (C=O) groups is 1. The molecule has 6 heteroatoms. The molecule has 88 valence electrons. The molecular formula is C11H10N2O4. The molecule has 1 aromatic heterocycles. The van der Waals surface area contributed by atoms with Crippen molar-refractivity contribution in [2.75, 3.05) is 6.61 Å². The second kappa shape index (κ2) is 5.61. The number of aromatic nitrogens is 1. The van der Waals surface area contributed by atoms with E-state index in [0.717, 1.165) is 6.20 Å². The molecule has 0 aliphatic heterocycles. The van der Waals surface area contributed by atoms with E-state index in [-0.39, 0.29) is 12.3 Å². The number of carbonyl (C=O) groups excluding carboxylic acids is 1. The fraction of sp³-hybridized carbons (Fsp3) is 0.273. The van der Waals surface area contributed by atoms with E-state index in [1.807, 2.05) is 0 Å². The minimum absolute atomic E-state index is 0.107. The highest BCUT2D eigenvalue weighted by Gasteiger charge is 2.08. The maximum atomic E-state index is 11.0. The number of hydrogen-bond donors (Lipinski definition) is 0. The lowest BCUT2D eigenvalue weighted by Gasteiger charge is -1.96. The molecule has 0 spiro atoms. The minimum Gasteiger partial charge on any atom is -0.456 e. The molecule has 0 fully saturated rings. The van der Waals surface area contributed by atoms with Crippen molar-refractivity contribution in [3.05, 3.63) is 33.6 Å². The lowest BCUT2D eigenvalue weighted by atomic mass is 10.2. The van der Waals surface area contributed by atoms with Crippen LogP contribution in [0.2, 0.25) is 0 Å². The highest BCUT2D eigenvalue weighted by Crippen LogP contribution is 2.13. The van der Waals surface area contributed by atoms with Gasteiger partial charge in [0, 0.05) is 12.0 Å². The molecule has 6 nitrogen and oxygen atoms in total. The average Bonchev–Trinajstić information content (AvgIpc) is 2.27. The molecule has 0 bridgehead atoms. The first-order chi connectivity index (χ1) is 8.04. The third kappa shape index (κ3) is 3.57. The fourth-order valence-electron chi connectivity index (χ4n) is 1.07. The Bertz CT molecular complexity index is 514. The van der Waals surface area contributed by atoms with Crippen LogP contribution in [0.1, 0.15) is 18.2 Å². The van der Waals surface area contributed by atoms with Crippen LogP contribution in [-0.2, 0) is 9.53 Å². The van der Waals surface area contributed by atoms with E-state index in [9.17, 15) is 14.9 Å². The Labute approximate surface area is 97.8 Å². The highest BCUT2D eigenvalue weighted by atomic mass is 16.6. The van der Waals surface area contributed by atoms with Crippen molar-refractivity contribution in [1.82, 2.24) is 4.98 Å². The van der Waals surface area contributed by atoms with Crippen LogP contribution in [0.15, 0.2) is 12.3 Å². The maximum Gasteiger partial charge on any atom is 0.384 e. The normalized spacial score (nSPS) is 9.06. The minimum atomic E-state index is -0.646. The standard InChI is InChI=1S/C11H10N2O4/c1-3-17-11(14)5-4-10-8(2)6-9(7-12-10)13(15)16/h6-7H,3H2,1-2H3. The van der Waals surface area contributed by atoms with Gasteiger partial charge in [-0.15, -0.1) is 0 Å². The summed E-state index contributed by atoms with van der Waals surface area (Å²) < 4.78 is 4.62. The van der Waals surface area contributed by atoms with Crippen molar-refractivity contribution >= 4 is 11.7 Å². The van der Waals surface area contributed by atoms with E-state index in [0.29, 0.717) is 11.3 Å². The molecule has 0 aromatic carbocycles. The van der Waals surface area contributed by atoms with Gasteiger partial charge in [-0.2, -0.15) is 0 Å². The SMILES string of the molecule is CCOC(=O)C#Cc1ncc([N+](=O)[O-])cc1C. The van der Waals surface area contributed by atoms with Gasteiger partial charge in [-0.05, 0) is 25.3 Å². The van der Waals surface area contributed by atoms with Crippen LogP contribution in [0.5, 0.6) is 0 Å². The van der Waals surface area contributed by atoms with Gasteiger partial charge in [0.2, 0.25) is 0 Å². The Morgan fingerprint density at radius 3 is 2.88 bits per heavy atom. The van der Waals surface area contributed by atoms with Crippen LogP contribution in [0.25, 0.3) is 0 Å². The van der Waals surface area contributed by atoms with Crippen LogP contribution >= 0.6 is 0 Å². The average molecular weight is 234 g/mol. The fourth-order valence-corrected chi connectivity index (χ4v) is 1.07. The van der Waals surface area contributed by atoms with Gasteiger partial charge in [-0.1, -0.05) is 0 Å². The maximum absolute atomic E-state index is 11.0. The first-order valence-corrected chi connectivity index (χ1v) is 4.84. The van der Waals surface area contributed by atoms with Crippen molar-refractivity contribution < 1.29 is 14.5 Å². The number of esters is 1. The molecule has 1 aromatic rings. The van der Waals surface area contributed by atoms with Crippen LogP contribution in [0.3, 0.4) is 0 Å². The van der Waals surface area contributed by atoms with Crippen LogP contribution in [0, 0.1) is 28.9 Å². The topological polar surface area (TPSA) is 82.3 Å². The number of hydrogen-bond acceptors (Lipinski definition) is 5. The number of nitro groups is 1. The van der Waals surface area contributed by atoms with Gasteiger partial charge in [0.25, 0.3) is 5.69 Å². The number of nitrogens with zero attached hydrogens (tertiary/aromatic N) is 2. The van der Waals surface area contributed by atoms with Crippen molar-refractivity contribution in [2.45, 2.75) is 13.8 Å². The number of ether oxygens (including phenoxy) is 1. The molecule has 1 rings (SSSR count). The zero-order valence-electron chi connectivity index (χ0n) is 9.39. The Balaban J connectivity index is 2.93. The number of rotatable bonds is 2. The largest absolute Gasteiger partial charge is 0.456 e. The predicted octanol–water partition coefficient (Wildman–Crippen LogP) is 1.21. The molecule has 0 saturated carbocycles. The molecule has 0 unspecified atom stereocenters. The molecule has 0 amide bonds. The molecule has 17 heavy (non-hydrogen) atoms. The lowest BCUT2D eigenvalue weighted by molar-refractivity contribution is -0.385. The number of aryl methyl sites for hydroxylation is 1. The molecule has 0 radical (unpaired) electrons. The molecule has 0 N–H and O–H groups in total. The molecule has 0 saturated heterocycles. The summed E-state index contributed by atoms with van der Waals surface area (Å²) in [6, 6.07) is 1.35. The van der Waals surface area contributed by atoms with Gasteiger partial charge in [0.1, 0.15) is 11.9 Å². The van der Waals surface area contributed by atoms with Gasteiger partial charge in [-0.3, -0.25) is 10.1 Å². The van der Waals surface area contributed by atoms with Gasteiger partial charge >= 0.3 is 5.97 Å². The molecular weight excluding hydrogens is 224 g/mol. The van der Waals surface area contributed by atoms with Gasteiger partial charge in [0.15, 0.2) is 0 Å². The zero-order valence-corrected chi connectivity index (χ0v) is 9.39. The summed E-state index contributed by atoms with van der Waals surface area (Å²) in [5.74, 6) is 4.11. The van der Waals surface area contributed by atoms with E-state index >= 15 is 0 Å². The van der Waals surface area contributed by atoms with Gasteiger partial charge in [0.05, 0.1) is 11.5 Å². The molecule has 1 heterocycles. The monoisotopic (exact) mass is 234 g/mol. The van der Waals surface area contributed by atoms with Crippen LogP contribution in [0.4, 0.5) is 5.69 Å². The van der Waals surface area contributed by atoms with E-state index in [2.05, 4.69) is 21.6 Å². The third-order valence-corrected chi connectivity index (χ3v) is 1.83. The smallest absolute Gasteiger partial charge is 0.384 e. The Hall–Kier alpha value is -2.42. The highest BCUT2D eigenvalue weighted by molar-refractivity contribution is 5.89. The second-order valence-electron chi connectivity index (χ2n) is 3.09. The van der Waals surface area contributed by atoms with E-state index in [1.54, 1.807) is 13.8 Å². The second-order valence-corrected chi connectivity index (χ2v) is 3.09. The van der Waals surface area contributed by atoms with Crippen molar-refractivity contribution in [1.29, 1.82) is 0 Å². The van der Waals surface area contributed by atoms with Crippen molar-refractivity contribution in [3.63, 3.8) is 0 Å². The first kappa shape index (κ1) is 12.6. The molecule has 0 atom stereocenters. The molecule has 0 aliphatic rings. The Kier molecular flexibility index (Phi) is 4.17. The summed E-state index contributed by atoms with van der Waals surface area (Å²) in [4.78, 5) is 24.7. The summed E-state index contributed by atoms with van der Waals surface area (Å²) in [7, 11) is 0.